The summed E-state index contributed by atoms with van der Waals surface area (Å²) in [7, 11) is 0. The molecule has 14 heavy (non-hydrogen) atoms. The van der Waals surface area contributed by atoms with E-state index >= 15 is 0 Å². The zero-order chi connectivity index (χ0) is 10.4. The van der Waals surface area contributed by atoms with Crippen molar-refractivity contribution in [3.8, 4) is 5.75 Å². The Kier molecular flexibility index (Phi) is 4.19. The Balaban J connectivity index is 2.46. The third-order valence-electron chi connectivity index (χ3n) is 1.46. The molecule has 1 aromatic rings. The van der Waals surface area contributed by atoms with Gasteiger partial charge in [0.15, 0.2) is 17.5 Å². The van der Waals surface area contributed by atoms with Crippen molar-refractivity contribution in [1.82, 2.24) is 10.3 Å². The summed E-state index contributed by atoms with van der Waals surface area (Å²) in [6, 6.07) is 3.35. The highest BCUT2D eigenvalue weighted by molar-refractivity contribution is 6.30. The molecule has 0 saturated carbocycles. The molecule has 1 rings (SSSR count). The van der Waals surface area contributed by atoms with Crippen LogP contribution in [0.1, 0.15) is 6.92 Å². The zero-order valence-electron chi connectivity index (χ0n) is 7.79. The summed E-state index contributed by atoms with van der Waals surface area (Å²) >= 11 is 5.72. The van der Waals surface area contributed by atoms with Crippen LogP contribution >= 0.6 is 11.6 Å². The molecule has 0 unspecified atom stereocenters. The number of carbonyl (C=O) groups is 1. The quantitative estimate of drug-likeness (QED) is 0.768. The summed E-state index contributed by atoms with van der Waals surface area (Å²) < 4.78 is 5.14. The van der Waals surface area contributed by atoms with Crippen molar-refractivity contribution in [2.24, 2.45) is 0 Å². The van der Waals surface area contributed by atoms with Gasteiger partial charge in [-0.2, -0.15) is 0 Å². The summed E-state index contributed by atoms with van der Waals surface area (Å²) in [5, 5.41) is 2.87. The first kappa shape index (κ1) is 10.8. The average molecular weight is 215 g/mol. The first-order valence-electron chi connectivity index (χ1n) is 4.24. The number of pyridine rings is 1. The van der Waals surface area contributed by atoms with E-state index in [9.17, 15) is 4.79 Å². The van der Waals surface area contributed by atoms with Gasteiger partial charge in [-0.05, 0) is 19.1 Å². The summed E-state index contributed by atoms with van der Waals surface area (Å²) in [5.74, 6) is 0.243. The van der Waals surface area contributed by atoms with Gasteiger partial charge >= 0.3 is 0 Å². The van der Waals surface area contributed by atoms with E-state index in [1.807, 2.05) is 6.92 Å². The number of hydrogen-bond acceptors (Lipinski definition) is 3. The van der Waals surface area contributed by atoms with Gasteiger partial charge in [0.1, 0.15) is 0 Å². The Labute approximate surface area is 87.2 Å². The second-order valence-electron chi connectivity index (χ2n) is 2.53. The molecule has 0 aliphatic carbocycles. The molecular weight excluding hydrogens is 204 g/mol. The molecule has 0 radical (unpaired) electrons. The fraction of sp³-hybridized carbons (Fsp3) is 0.333. The molecule has 0 spiro atoms. The van der Waals surface area contributed by atoms with Gasteiger partial charge in [0.2, 0.25) is 0 Å². The van der Waals surface area contributed by atoms with Crippen LogP contribution < -0.4 is 10.1 Å². The molecule has 1 N–H and O–H groups in total. The number of hydrogen-bond donors (Lipinski definition) is 1. The Bertz CT molecular complexity index is 317. The molecule has 1 aromatic heterocycles. The average Bonchev–Trinajstić information content (AvgIpc) is 2.17. The van der Waals surface area contributed by atoms with Crippen LogP contribution in [0.4, 0.5) is 0 Å². The van der Waals surface area contributed by atoms with Crippen molar-refractivity contribution in [2.75, 3.05) is 13.2 Å². The highest BCUT2D eigenvalue weighted by Gasteiger charge is 2.04. The lowest BCUT2D eigenvalue weighted by molar-refractivity contribution is -0.122. The van der Waals surface area contributed by atoms with E-state index in [2.05, 4.69) is 10.3 Å². The minimum Gasteiger partial charge on any atom is -0.481 e. The summed E-state index contributed by atoms with van der Waals surface area (Å²) in [5.41, 5.74) is 0. The number of ether oxygens (including phenoxy) is 1. The van der Waals surface area contributed by atoms with Crippen molar-refractivity contribution in [2.45, 2.75) is 6.92 Å². The fourth-order valence-electron chi connectivity index (χ4n) is 0.870. The van der Waals surface area contributed by atoms with Crippen molar-refractivity contribution in [3.63, 3.8) is 0 Å². The Morgan fingerprint density at radius 1 is 1.71 bits per heavy atom. The lowest BCUT2D eigenvalue weighted by Gasteiger charge is -2.06. The first-order chi connectivity index (χ1) is 6.74. The van der Waals surface area contributed by atoms with Crippen LogP contribution in [0.2, 0.25) is 5.15 Å². The van der Waals surface area contributed by atoms with Gasteiger partial charge in [-0.25, -0.2) is 4.98 Å². The predicted octanol–water partition coefficient (Wildman–Crippen LogP) is 1.25. The number of halogens is 1. The van der Waals surface area contributed by atoms with E-state index in [1.54, 1.807) is 18.3 Å². The number of nitrogens with zero attached hydrogens (tertiary/aromatic N) is 1. The van der Waals surface area contributed by atoms with Gasteiger partial charge < -0.3 is 10.1 Å². The molecule has 0 aliphatic rings. The number of rotatable bonds is 4. The number of aromatic nitrogens is 1. The molecular formula is C9H11ClN2O2. The van der Waals surface area contributed by atoms with E-state index in [-0.39, 0.29) is 17.7 Å². The van der Waals surface area contributed by atoms with Crippen molar-refractivity contribution in [1.29, 1.82) is 0 Å². The maximum absolute atomic E-state index is 11.0. The zero-order valence-corrected chi connectivity index (χ0v) is 8.54. The number of carbonyl (C=O) groups excluding carboxylic acids is 1. The maximum atomic E-state index is 11.0. The Morgan fingerprint density at radius 3 is 3.14 bits per heavy atom. The molecule has 1 heterocycles. The smallest absolute Gasteiger partial charge is 0.257 e. The van der Waals surface area contributed by atoms with Crippen LogP contribution in [0, 0.1) is 0 Å². The molecule has 0 saturated heterocycles. The standard InChI is InChI=1S/C9H11ClN2O2/c1-2-11-8(13)6-14-7-4-3-5-12-9(7)10/h3-5H,2,6H2,1H3,(H,11,13). The van der Waals surface area contributed by atoms with Crippen LogP contribution in [0.25, 0.3) is 0 Å². The van der Waals surface area contributed by atoms with Gasteiger partial charge in [0, 0.05) is 12.7 Å². The third-order valence-corrected chi connectivity index (χ3v) is 1.74. The number of amides is 1. The topological polar surface area (TPSA) is 51.2 Å². The van der Waals surface area contributed by atoms with Crippen LogP contribution in [-0.2, 0) is 4.79 Å². The fourth-order valence-corrected chi connectivity index (χ4v) is 1.04. The van der Waals surface area contributed by atoms with Gasteiger partial charge in [-0.1, -0.05) is 11.6 Å². The minimum absolute atomic E-state index is 0.0424. The Hall–Kier alpha value is -1.29. The highest BCUT2D eigenvalue weighted by Crippen LogP contribution is 2.19. The second kappa shape index (κ2) is 5.44. The van der Waals surface area contributed by atoms with E-state index in [0.717, 1.165) is 0 Å². The van der Waals surface area contributed by atoms with Gasteiger partial charge in [0.25, 0.3) is 5.91 Å². The van der Waals surface area contributed by atoms with E-state index in [4.69, 9.17) is 16.3 Å². The van der Waals surface area contributed by atoms with E-state index in [1.165, 1.54) is 0 Å². The largest absolute Gasteiger partial charge is 0.481 e. The van der Waals surface area contributed by atoms with Crippen molar-refractivity contribution >= 4 is 17.5 Å². The first-order valence-corrected chi connectivity index (χ1v) is 4.62. The molecule has 1 amide bonds. The number of nitrogens with one attached hydrogen (secondary N) is 1. The van der Waals surface area contributed by atoms with Crippen molar-refractivity contribution in [3.05, 3.63) is 23.5 Å². The number of likely N-dealkylation sites (N-methyl/N-ethyl adjacent to an activating group) is 1. The molecule has 0 atom stereocenters. The van der Waals surface area contributed by atoms with Crippen LogP contribution in [0.3, 0.4) is 0 Å². The normalized spacial score (nSPS) is 9.57. The highest BCUT2D eigenvalue weighted by atomic mass is 35.5. The minimum atomic E-state index is -0.174. The van der Waals surface area contributed by atoms with E-state index in [0.29, 0.717) is 12.3 Å². The van der Waals surface area contributed by atoms with Crippen LogP contribution in [-0.4, -0.2) is 24.0 Å². The lowest BCUT2D eigenvalue weighted by atomic mass is 10.4. The Morgan fingerprint density at radius 2 is 2.50 bits per heavy atom. The maximum Gasteiger partial charge on any atom is 0.257 e. The molecule has 0 aromatic carbocycles. The third kappa shape index (κ3) is 3.22. The van der Waals surface area contributed by atoms with Gasteiger partial charge in [0.05, 0.1) is 0 Å². The molecule has 76 valence electrons. The summed E-state index contributed by atoms with van der Waals surface area (Å²) in [6.07, 6.45) is 1.56. The van der Waals surface area contributed by atoms with Gasteiger partial charge in [-0.3, -0.25) is 4.79 Å². The van der Waals surface area contributed by atoms with Crippen molar-refractivity contribution < 1.29 is 9.53 Å². The monoisotopic (exact) mass is 214 g/mol. The molecule has 0 aliphatic heterocycles. The second-order valence-corrected chi connectivity index (χ2v) is 2.89. The molecule has 4 nitrogen and oxygen atoms in total. The lowest BCUT2D eigenvalue weighted by Crippen LogP contribution is -2.28. The van der Waals surface area contributed by atoms with Crippen LogP contribution in [0.15, 0.2) is 18.3 Å². The summed E-state index contributed by atoms with van der Waals surface area (Å²) in [6.45, 7) is 2.39. The van der Waals surface area contributed by atoms with Crippen LogP contribution in [0.5, 0.6) is 5.75 Å². The molecule has 0 fully saturated rings. The van der Waals surface area contributed by atoms with Gasteiger partial charge in [-0.15, -0.1) is 0 Å². The SMILES string of the molecule is CCNC(=O)COc1cccnc1Cl. The predicted molar refractivity (Wildman–Crippen MR) is 53.4 cm³/mol. The summed E-state index contributed by atoms with van der Waals surface area (Å²) in [4.78, 5) is 14.8. The molecule has 0 bridgehead atoms. The van der Waals surface area contributed by atoms with E-state index < -0.39 is 0 Å². The molecule has 5 heteroatoms.